The summed E-state index contributed by atoms with van der Waals surface area (Å²) in [4.78, 5) is 27.8. The zero-order chi connectivity index (χ0) is 24.4. The van der Waals surface area contributed by atoms with Crippen molar-refractivity contribution in [3.05, 3.63) is 95.1 Å². The van der Waals surface area contributed by atoms with Crippen LogP contribution in [-0.2, 0) is 9.59 Å². The summed E-state index contributed by atoms with van der Waals surface area (Å²) in [6, 6.07) is 19.6. The van der Waals surface area contributed by atoms with Crippen LogP contribution in [0.5, 0.6) is 11.5 Å². The first kappa shape index (κ1) is 23.1. The predicted octanol–water partition coefficient (Wildman–Crippen LogP) is 5.54. The Kier molecular flexibility index (Phi) is 6.41. The molecule has 0 bridgehead atoms. The molecule has 6 heteroatoms. The quantitative estimate of drug-likeness (QED) is 0.288. The van der Waals surface area contributed by atoms with Crippen molar-refractivity contribution in [2.75, 3.05) is 11.5 Å². The molecule has 174 valence electrons. The Hall–Kier alpha value is -4.06. The van der Waals surface area contributed by atoms with Crippen LogP contribution in [0.1, 0.15) is 49.4 Å². The summed E-state index contributed by atoms with van der Waals surface area (Å²) in [5.74, 6) is -0.730. The normalized spacial score (nSPS) is 17.4. The molecule has 3 aromatic carbocycles. The van der Waals surface area contributed by atoms with Crippen LogP contribution in [0.4, 0.5) is 5.69 Å². The number of ether oxygens (including phenoxy) is 1. The summed E-state index contributed by atoms with van der Waals surface area (Å²) in [6.07, 6.45) is 0. The van der Waals surface area contributed by atoms with Gasteiger partial charge in [-0.1, -0.05) is 38.1 Å². The fraction of sp³-hybridized carbons (Fsp3) is 0.214. The van der Waals surface area contributed by atoms with E-state index in [4.69, 9.17) is 4.74 Å². The van der Waals surface area contributed by atoms with E-state index in [0.717, 1.165) is 5.56 Å². The van der Waals surface area contributed by atoms with Gasteiger partial charge in [0.2, 0.25) is 0 Å². The van der Waals surface area contributed by atoms with E-state index in [2.05, 4.69) is 13.8 Å². The topological polar surface area (TPSA) is 87.1 Å². The largest absolute Gasteiger partial charge is 0.508 e. The molecule has 1 aliphatic heterocycles. The second-order valence-corrected chi connectivity index (χ2v) is 8.46. The third-order valence-electron chi connectivity index (χ3n) is 5.93. The number of aliphatic hydroxyl groups excluding tert-OH is 1. The monoisotopic (exact) mass is 457 g/mol. The molecular weight excluding hydrogens is 430 g/mol. The molecule has 6 nitrogen and oxygen atoms in total. The van der Waals surface area contributed by atoms with Crippen LogP contribution in [0.25, 0.3) is 5.76 Å². The molecule has 0 spiro atoms. The first-order valence-electron chi connectivity index (χ1n) is 11.2. The third-order valence-corrected chi connectivity index (χ3v) is 5.93. The maximum Gasteiger partial charge on any atom is 0.300 e. The number of aliphatic hydroxyl groups is 1. The average molecular weight is 458 g/mol. The number of phenols is 1. The van der Waals surface area contributed by atoms with Gasteiger partial charge in [-0.05, 0) is 72.5 Å². The highest BCUT2D eigenvalue weighted by atomic mass is 16.5. The standard InChI is InChI=1S/C28H27NO5/c1-4-34-23-15-9-20(10-16-23)26(31)24-25(19-7-13-22(30)14-8-19)29(28(33)27(24)32)21-11-5-18(6-12-21)17(2)3/h5-17,25,30-31H,4H2,1-3H3/b26-24+. The van der Waals surface area contributed by atoms with E-state index in [0.29, 0.717) is 35.1 Å². The van der Waals surface area contributed by atoms with Gasteiger partial charge in [-0.3, -0.25) is 14.5 Å². The molecule has 1 amide bonds. The van der Waals surface area contributed by atoms with Crippen LogP contribution >= 0.6 is 0 Å². The number of anilines is 1. The fourth-order valence-electron chi connectivity index (χ4n) is 4.12. The molecule has 0 saturated carbocycles. The van der Waals surface area contributed by atoms with Gasteiger partial charge in [0.15, 0.2) is 0 Å². The molecule has 1 unspecified atom stereocenters. The Morgan fingerprint density at radius 2 is 1.56 bits per heavy atom. The number of rotatable bonds is 6. The predicted molar refractivity (Wildman–Crippen MR) is 131 cm³/mol. The summed E-state index contributed by atoms with van der Waals surface area (Å²) < 4.78 is 5.46. The molecule has 34 heavy (non-hydrogen) atoms. The number of ketones is 1. The molecule has 0 aromatic heterocycles. The highest BCUT2D eigenvalue weighted by Crippen LogP contribution is 2.42. The molecular formula is C28H27NO5. The Bertz CT molecular complexity index is 1230. The van der Waals surface area contributed by atoms with Gasteiger partial charge in [0.05, 0.1) is 18.2 Å². The van der Waals surface area contributed by atoms with Crippen LogP contribution in [0, 0.1) is 0 Å². The molecule has 4 rings (SSSR count). The molecule has 1 aliphatic rings. The molecule has 1 fully saturated rings. The number of aromatic hydroxyl groups is 1. The second-order valence-electron chi connectivity index (χ2n) is 8.46. The number of phenolic OH excluding ortho intramolecular Hbond substituents is 1. The molecule has 1 heterocycles. The van der Waals surface area contributed by atoms with Crippen LogP contribution < -0.4 is 9.64 Å². The SMILES string of the molecule is CCOc1ccc(/C(O)=C2\C(=O)C(=O)N(c3ccc(C(C)C)cc3)C2c2ccc(O)cc2)cc1. The number of carbonyl (C=O) groups is 2. The number of amides is 1. The number of Topliss-reactive ketones (excluding diaryl/α,β-unsaturated/α-hetero) is 1. The molecule has 2 N–H and O–H groups in total. The number of nitrogens with zero attached hydrogens (tertiary/aromatic N) is 1. The van der Waals surface area contributed by atoms with Gasteiger partial charge in [0.25, 0.3) is 11.7 Å². The fourth-order valence-corrected chi connectivity index (χ4v) is 4.12. The van der Waals surface area contributed by atoms with Crippen LogP contribution in [0.2, 0.25) is 0 Å². The first-order chi connectivity index (χ1) is 16.3. The second kappa shape index (κ2) is 9.43. The molecule has 3 aromatic rings. The number of hydrogen-bond donors (Lipinski definition) is 2. The summed E-state index contributed by atoms with van der Waals surface area (Å²) in [5, 5.41) is 21.0. The van der Waals surface area contributed by atoms with Gasteiger partial charge in [0.1, 0.15) is 17.3 Å². The van der Waals surface area contributed by atoms with Crippen molar-refractivity contribution in [2.24, 2.45) is 0 Å². The lowest BCUT2D eigenvalue weighted by Crippen LogP contribution is -2.29. The number of carbonyl (C=O) groups excluding carboxylic acids is 2. The third kappa shape index (κ3) is 4.27. The van der Waals surface area contributed by atoms with E-state index in [1.807, 2.05) is 31.2 Å². The minimum Gasteiger partial charge on any atom is -0.508 e. The van der Waals surface area contributed by atoms with Gasteiger partial charge in [-0.25, -0.2) is 0 Å². The summed E-state index contributed by atoms with van der Waals surface area (Å²) in [6.45, 7) is 6.54. The first-order valence-corrected chi connectivity index (χ1v) is 11.2. The van der Waals surface area contributed by atoms with Crippen molar-refractivity contribution >= 4 is 23.1 Å². The molecule has 1 atom stereocenters. The van der Waals surface area contributed by atoms with E-state index in [1.54, 1.807) is 36.4 Å². The maximum atomic E-state index is 13.2. The molecule has 0 radical (unpaired) electrons. The summed E-state index contributed by atoms with van der Waals surface area (Å²) >= 11 is 0. The van der Waals surface area contributed by atoms with Crippen LogP contribution in [-0.4, -0.2) is 28.5 Å². The van der Waals surface area contributed by atoms with E-state index in [9.17, 15) is 19.8 Å². The Labute approximate surface area is 198 Å². The Balaban J connectivity index is 1.86. The molecule has 1 saturated heterocycles. The van der Waals surface area contributed by atoms with Crippen LogP contribution in [0.15, 0.2) is 78.4 Å². The van der Waals surface area contributed by atoms with E-state index in [-0.39, 0.29) is 17.1 Å². The lowest BCUT2D eigenvalue weighted by molar-refractivity contribution is -0.132. The van der Waals surface area contributed by atoms with Crippen molar-refractivity contribution < 1.29 is 24.5 Å². The summed E-state index contributed by atoms with van der Waals surface area (Å²) in [7, 11) is 0. The number of benzene rings is 3. The average Bonchev–Trinajstić information content (AvgIpc) is 3.10. The summed E-state index contributed by atoms with van der Waals surface area (Å²) in [5.41, 5.74) is 2.65. The lowest BCUT2D eigenvalue weighted by atomic mass is 9.95. The smallest absolute Gasteiger partial charge is 0.300 e. The minimum absolute atomic E-state index is 0.00668. The highest BCUT2D eigenvalue weighted by Gasteiger charge is 2.47. The minimum atomic E-state index is -0.850. The molecule has 0 aliphatic carbocycles. The van der Waals surface area contributed by atoms with E-state index < -0.39 is 17.7 Å². The van der Waals surface area contributed by atoms with Gasteiger partial charge >= 0.3 is 0 Å². The van der Waals surface area contributed by atoms with Gasteiger partial charge in [0, 0.05) is 11.3 Å². The van der Waals surface area contributed by atoms with Gasteiger partial charge < -0.3 is 14.9 Å². The maximum absolute atomic E-state index is 13.2. The van der Waals surface area contributed by atoms with E-state index >= 15 is 0 Å². The zero-order valence-electron chi connectivity index (χ0n) is 19.4. The van der Waals surface area contributed by atoms with Crippen LogP contribution in [0.3, 0.4) is 0 Å². The van der Waals surface area contributed by atoms with Crippen molar-refractivity contribution in [3.63, 3.8) is 0 Å². The lowest BCUT2D eigenvalue weighted by Gasteiger charge is -2.26. The van der Waals surface area contributed by atoms with Crippen molar-refractivity contribution in [1.29, 1.82) is 0 Å². The van der Waals surface area contributed by atoms with Crippen molar-refractivity contribution in [2.45, 2.75) is 32.7 Å². The highest BCUT2D eigenvalue weighted by molar-refractivity contribution is 6.51. The zero-order valence-corrected chi connectivity index (χ0v) is 19.4. The van der Waals surface area contributed by atoms with Crippen molar-refractivity contribution in [1.82, 2.24) is 0 Å². The van der Waals surface area contributed by atoms with Gasteiger partial charge in [-0.2, -0.15) is 0 Å². The van der Waals surface area contributed by atoms with Crippen molar-refractivity contribution in [3.8, 4) is 11.5 Å². The van der Waals surface area contributed by atoms with E-state index in [1.165, 1.54) is 17.0 Å². The number of hydrogen-bond acceptors (Lipinski definition) is 5. The Morgan fingerprint density at radius 3 is 2.12 bits per heavy atom. The Morgan fingerprint density at radius 1 is 0.941 bits per heavy atom. The van der Waals surface area contributed by atoms with Gasteiger partial charge in [-0.15, -0.1) is 0 Å².